The average molecular weight is 451 g/mol. The minimum atomic E-state index is -1.87. The van der Waals surface area contributed by atoms with Gasteiger partial charge in [-0.15, -0.1) is 0 Å². The summed E-state index contributed by atoms with van der Waals surface area (Å²) in [6, 6.07) is 0. The summed E-state index contributed by atoms with van der Waals surface area (Å²) in [6.07, 6.45) is 5.46. The fourth-order valence-corrected chi connectivity index (χ4v) is 5.14. The van der Waals surface area contributed by atoms with Crippen LogP contribution in [-0.4, -0.2) is 45.6 Å². The lowest BCUT2D eigenvalue weighted by molar-refractivity contribution is -0.286. The molecule has 0 unspecified atom stereocenters. The van der Waals surface area contributed by atoms with E-state index in [1.54, 1.807) is 45.9 Å². The highest BCUT2D eigenvalue weighted by atomic mass is 35.5. The van der Waals surface area contributed by atoms with Crippen molar-refractivity contribution in [3.05, 3.63) is 46.4 Å². The number of cyclic esters (lactones) is 1. The first-order valence-electron chi connectivity index (χ1n) is 10.4. The number of hydrogen-bond acceptors (Lipinski definition) is 7. The maximum atomic E-state index is 13.3. The van der Waals surface area contributed by atoms with Crippen molar-refractivity contribution < 1.29 is 34.0 Å². The number of carbonyl (C=O) groups is 2. The number of halogens is 1. The number of aliphatic hydroxyl groups is 2. The lowest BCUT2D eigenvalue weighted by Gasteiger charge is -2.42. The smallest absolute Gasteiger partial charge is 0.315 e. The Morgan fingerprint density at radius 2 is 1.90 bits per heavy atom. The summed E-state index contributed by atoms with van der Waals surface area (Å²) in [5, 5.41) is 21.0. The Morgan fingerprint density at radius 1 is 1.23 bits per heavy atom. The molecule has 0 spiro atoms. The van der Waals surface area contributed by atoms with E-state index in [4.69, 9.17) is 25.8 Å². The summed E-state index contributed by atoms with van der Waals surface area (Å²) in [7, 11) is 0. The van der Waals surface area contributed by atoms with Crippen LogP contribution >= 0.6 is 11.6 Å². The number of carbonyl (C=O) groups excluding carboxylic acids is 2. The fourth-order valence-electron chi connectivity index (χ4n) is 4.78. The SMILES string of the molecule is C[C@@H](O)[C@@H](C)/C=C/C1=CC2=C(Cl)C(=O)[C@@]3(C)O[C@@]4(O)[C@H](C(=O)O[C@H](C)[C@@H]4C)[C@H]3C2=CO1. The molecule has 4 aliphatic rings. The summed E-state index contributed by atoms with van der Waals surface area (Å²) in [6.45, 7) is 8.51. The van der Waals surface area contributed by atoms with E-state index in [1.807, 2.05) is 6.92 Å². The van der Waals surface area contributed by atoms with Gasteiger partial charge in [-0.25, -0.2) is 0 Å². The molecule has 31 heavy (non-hydrogen) atoms. The number of Topliss-reactive ketones (excluding diaryl/α,β-unsaturated/α-hetero) is 1. The average Bonchev–Trinajstić information content (AvgIpc) is 2.98. The highest BCUT2D eigenvalue weighted by molar-refractivity contribution is 6.45. The molecule has 168 valence electrons. The molecule has 3 heterocycles. The summed E-state index contributed by atoms with van der Waals surface area (Å²) < 4.78 is 17.2. The first kappa shape index (κ1) is 22.3. The molecule has 0 saturated carbocycles. The molecule has 1 aliphatic carbocycles. The minimum absolute atomic E-state index is 0.0425. The molecular weight excluding hydrogens is 424 g/mol. The maximum absolute atomic E-state index is 13.3. The van der Waals surface area contributed by atoms with Gasteiger partial charge in [-0.1, -0.05) is 31.5 Å². The van der Waals surface area contributed by atoms with Crippen molar-refractivity contribution in [2.24, 2.45) is 23.7 Å². The molecule has 3 aliphatic heterocycles. The van der Waals surface area contributed by atoms with Crippen LogP contribution in [0.25, 0.3) is 0 Å². The molecule has 0 aromatic heterocycles. The number of allylic oxidation sites excluding steroid dienone is 3. The van der Waals surface area contributed by atoms with Gasteiger partial charge in [0, 0.05) is 28.9 Å². The van der Waals surface area contributed by atoms with Crippen molar-refractivity contribution in [2.75, 3.05) is 0 Å². The largest absolute Gasteiger partial charge is 0.465 e. The summed E-state index contributed by atoms with van der Waals surface area (Å²) in [5.74, 6) is -5.11. The van der Waals surface area contributed by atoms with Gasteiger partial charge in [-0.3, -0.25) is 9.59 Å². The van der Waals surface area contributed by atoms with Gasteiger partial charge in [-0.2, -0.15) is 0 Å². The molecule has 4 rings (SSSR count). The third kappa shape index (κ3) is 3.13. The molecule has 0 aromatic carbocycles. The molecule has 2 N–H and O–H groups in total. The molecule has 0 bridgehead atoms. The second kappa shape index (κ2) is 7.30. The van der Waals surface area contributed by atoms with E-state index in [0.717, 1.165) is 0 Å². The minimum Gasteiger partial charge on any atom is -0.465 e. The maximum Gasteiger partial charge on any atom is 0.315 e. The zero-order chi connectivity index (χ0) is 22.9. The van der Waals surface area contributed by atoms with E-state index in [9.17, 15) is 19.8 Å². The zero-order valence-corrected chi connectivity index (χ0v) is 18.8. The topological polar surface area (TPSA) is 102 Å². The van der Waals surface area contributed by atoms with Crippen LogP contribution in [0.3, 0.4) is 0 Å². The van der Waals surface area contributed by atoms with Crippen LogP contribution in [0.4, 0.5) is 0 Å². The summed E-state index contributed by atoms with van der Waals surface area (Å²) in [5.41, 5.74) is -0.599. The second-order valence-electron chi connectivity index (χ2n) is 9.10. The van der Waals surface area contributed by atoms with E-state index < -0.39 is 53.1 Å². The Morgan fingerprint density at radius 3 is 2.55 bits per heavy atom. The van der Waals surface area contributed by atoms with Gasteiger partial charge in [0.25, 0.3) is 0 Å². The van der Waals surface area contributed by atoms with Gasteiger partial charge in [0.05, 0.1) is 17.4 Å². The van der Waals surface area contributed by atoms with Crippen LogP contribution in [0, 0.1) is 23.7 Å². The first-order valence-corrected chi connectivity index (χ1v) is 10.8. The Hall–Kier alpha value is -1.93. The third-order valence-corrected chi connectivity index (χ3v) is 7.50. The lowest BCUT2D eigenvalue weighted by Crippen LogP contribution is -2.56. The van der Waals surface area contributed by atoms with Crippen LogP contribution in [0.1, 0.15) is 34.6 Å². The third-order valence-electron chi connectivity index (χ3n) is 7.13. The fraction of sp³-hybridized carbons (Fsp3) is 0.565. The van der Waals surface area contributed by atoms with Crippen LogP contribution < -0.4 is 0 Å². The molecule has 8 heteroatoms. The van der Waals surface area contributed by atoms with E-state index >= 15 is 0 Å². The van der Waals surface area contributed by atoms with Gasteiger partial charge in [0.2, 0.25) is 5.78 Å². The molecular formula is C23H27ClO7. The number of esters is 1. The van der Waals surface area contributed by atoms with E-state index in [2.05, 4.69) is 0 Å². The number of hydrogen-bond donors (Lipinski definition) is 2. The molecule has 0 aromatic rings. The summed E-state index contributed by atoms with van der Waals surface area (Å²) in [4.78, 5) is 26.2. The monoisotopic (exact) mass is 450 g/mol. The van der Waals surface area contributed by atoms with Crippen molar-refractivity contribution in [3.63, 3.8) is 0 Å². The molecule has 2 fully saturated rings. The Labute approximate surface area is 186 Å². The molecule has 0 radical (unpaired) electrons. The number of rotatable bonds is 3. The van der Waals surface area contributed by atoms with Gasteiger partial charge in [0.1, 0.15) is 23.4 Å². The highest BCUT2D eigenvalue weighted by Crippen LogP contribution is 2.60. The van der Waals surface area contributed by atoms with E-state index in [0.29, 0.717) is 16.9 Å². The highest BCUT2D eigenvalue weighted by Gasteiger charge is 2.72. The zero-order valence-electron chi connectivity index (χ0n) is 18.1. The number of ether oxygens (including phenoxy) is 3. The summed E-state index contributed by atoms with van der Waals surface area (Å²) >= 11 is 6.47. The van der Waals surface area contributed by atoms with Gasteiger partial charge in [-0.05, 0) is 32.9 Å². The van der Waals surface area contributed by atoms with Gasteiger partial charge < -0.3 is 24.4 Å². The number of aliphatic hydroxyl groups excluding tert-OH is 1. The Bertz CT molecular complexity index is 961. The van der Waals surface area contributed by atoms with Crippen molar-refractivity contribution in [1.29, 1.82) is 0 Å². The van der Waals surface area contributed by atoms with Gasteiger partial charge in [0.15, 0.2) is 5.79 Å². The van der Waals surface area contributed by atoms with Crippen LogP contribution in [0.5, 0.6) is 0 Å². The molecule has 7 nitrogen and oxygen atoms in total. The first-order chi connectivity index (χ1) is 14.4. The van der Waals surface area contributed by atoms with Crippen molar-refractivity contribution in [1.82, 2.24) is 0 Å². The lowest BCUT2D eigenvalue weighted by atomic mass is 9.65. The molecule has 0 amide bonds. The van der Waals surface area contributed by atoms with E-state index in [-0.39, 0.29) is 11.0 Å². The molecule has 8 atom stereocenters. The predicted octanol–water partition coefficient (Wildman–Crippen LogP) is 2.72. The Balaban J connectivity index is 1.77. The van der Waals surface area contributed by atoms with Crippen LogP contribution in [0.2, 0.25) is 0 Å². The van der Waals surface area contributed by atoms with Crippen LogP contribution in [0.15, 0.2) is 46.4 Å². The van der Waals surface area contributed by atoms with Crippen molar-refractivity contribution in [3.8, 4) is 0 Å². The second-order valence-corrected chi connectivity index (χ2v) is 9.48. The molecule has 2 saturated heterocycles. The van der Waals surface area contributed by atoms with Crippen molar-refractivity contribution in [2.45, 2.75) is 58.2 Å². The van der Waals surface area contributed by atoms with E-state index in [1.165, 1.54) is 6.26 Å². The Kier molecular flexibility index (Phi) is 5.25. The van der Waals surface area contributed by atoms with Gasteiger partial charge >= 0.3 is 5.97 Å². The number of ketones is 1. The van der Waals surface area contributed by atoms with Crippen LogP contribution in [-0.2, 0) is 23.8 Å². The normalized spacial score (nSPS) is 41.5. The number of fused-ring (bicyclic) bond motifs is 5. The quantitative estimate of drug-likeness (QED) is 0.637. The predicted molar refractivity (Wildman–Crippen MR) is 111 cm³/mol. The standard InChI is InChI=1S/C23H27ClO7/c1-10(12(3)25)6-7-14-8-15-16(9-29-14)17-18-21(27)30-13(4)11(2)23(18,28)31-22(17,5)20(26)19(15)24/h6-13,17-18,25,28H,1-5H3/b7-6+/t10-,11-,12+,13+,17+,18-,22-,23+/m0/s1. The van der Waals surface area contributed by atoms with Crippen molar-refractivity contribution >= 4 is 23.4 Å².